The van der Waals surface area contributed by atoms with Crippen LogP contribution in [0.15, 0.2) is 54.6 Å². The summed E-state index contributed by atoms with van der Waals surface area (Å²) in [7, 11) is 1.64. The van der Waals surface area contributed by atoms with Crippen molar-refractivity contribution in [1.29, 1.82) is 0 Å². The van der Waals surface area contributed by atoms with E-state index >= 15 is 0 Å². The van der Waals surface area contributed by atoms with E-state index in [-0.39, 0.29) is 18.9 Å². The molecule has 10 heteroatoms. The van der Waals surface area contributed by atoms with E-state index in [9.17, 15) is 19.8 Å². The molecule has 35 heavy (non-hydrogen) atoms. The van der Waals surface area contributed by atoms with Crippen molar-refractivity contribution in [3.8, 4) is 5.75 Å². The van der Waals surface area contributed by atoms with Crippen LogP contribution in [0.25, 0.3) is 0 Å². The quantitative estimate of drug-likeness (QED) is 0.463. The van der Waals surface area contributed by atoms with E-state index in [1.165, 1.54) is 0 Å². The molecule has 2 fully saturated rings. The van der Waals surface area contributed by atoms with Crippen LogP contribution < -0.4 is 20.3 Å². The summed E-state index contributed by atoms with van der Waals surface area (Å²) in [5, 5.41) is 26.1. The van der Waals surface area contributed by atoms with Gasteiger partial charge < -0.3 is 40.1 Å². The number of ether oxygens (including phenoxy) is 2. The number of hydrogen-bond acceptors (Lipinski definition) is 7. The fraction of sp³-hybridized carbons (Fsp3) is 0.440. The largest absolute Gasteiger partial charge is 0.495 e. The Hall–Kier alpha value is -3.34. The van der Waals surface area contributed by atoms with E-state index in [4.69, 9.17) is 9.47 Å². The molecule has 2 aliphatic rings. The Labute approximate surface area is 204 Å². The van der Waals surface area contributed by atoms with E-state index in [1.54, 1.807) is 36.3 Å². The number of benzene rings is 2. The number of nitrogens with zero attached hydrogens (tertiary/aromatic N) is 2. The second kappa shape index (κ2) is 11.4. The van der Waals surface area contributed by atoms with Gasteiger partial charge in [0.15, 0.2) is 0 Å². The van der Waals surface area contributed by atoms with Gasteiger partial charge >= 0.3 is 6.03 Å². The van der Waals surface area contributed by atoms with Crippen molar-refractivity contribution in [2.24, 2.45) is 0 Å². The average molecular weight is 485 g/mol. The summed E-state index contributed by atoms with van der Waals surface area (Å²) in [6.45, 7) is 2.39. The van der Waals surface area contributed by atoms with E-state index in [1.807, 2.05) is 30.3 Å². The smallest absolute Gasteiger partial charge is 0.319 e. The number of nitrogens with one attached hydrogen (secondary N) is 2. The van der Waals surface area contributed by atoms with Crippen molar-refractivity contribution in [3.63, 3.8) is 0 Å². The molecule has 0 aromatic heterocycles. The number of aliphatic hydroxyl groups excluding tert-OH is 2. The van der Waals surface area contributed by atoms with Gasteiger partial charge in [0.2, 0.25) is 5.91 Å². The lowest BCUT2D eigenvalue weighted by molar-refractivity contribution is -0.135. The third kappa shape index (κ3) is 6.02. The van der Waals surface area contributed by atoms with E-state index in [2.05, 4.69) is 15.5 Å². The maximum absolute atomic E-state index is 12.9. The number of methoxy groups -OCH3 is 1. The van der Waals surface area contributed by atoms with Crippen LogP contribution in [-0.4, -0.2) is 91.3 Å². The summed E-state index contributed by atoms with van der Waals surface area (Å²) in [6.07, 6.45) is -4.11. The lowest BCUT2D eigenvalue weighted by Crippen LogP contribution is -2.50. The Balaban J connectivity index is 1.24. The minimum Gasteiger partial charge on any atom is -0.495 e. The summed E-state index contributed by atoms with van der Waals surface area (Å²) >= 11 is 0. The molecule has 0 saturated carbocycles. The second-order valence-corrected chi connectivity index (χ2v) is 8.64. The van der Waals surface area contributed by atoms with Gasteiger partial charge in [-0.3, -0.25) is 4.79 Å². The zero-order valence-electron chi connectivity index (χ0n) is 19.7. The van der Waals surface area contributed by atoms with Crippen molar-refractivity contribution in [2.45, 2.75) is 30.8 Å². The predicted molar refractivity (Wildman–Crippen MR) is 131 cm³/mol. The number of amides is 3. The summed E-state index contributed by atoms with van der Waals surface area (Å²) < 4.78 is 11.2. The molecule has 3 amide bonds. The number of anilines is 2. The molecule has 4 atom stereocenters. The Morgan fingerprint density at radius 1 is 0.971 bits per heavy atom. The maximum Gasteiger partial charge on any atom is 0.319 e. The van der Waals surface area contributed by atoms with Gasteiger partial charge in [-0.15, -0.1) is 0 Å². The maximum atomic E-state index is 12.9. The highest BCUT2D eigenvalue weighted by Crippen LogP contribution is 2.29. The molecule has 0 aliphatic carbocycles. The Bertz CT molecular complexity index is 998. The first-order valence-corrected chi connectivity index (χ1v) is 11.7. The lowest BCUT2D eigenvalue weighted by atomic mass is 10.0. The van der Waals surface area contributed by atoms with Gasteiger partial charge in [0.05, 0.1) is 25.3 Å². The molecule has 4 N–H and O–H groups in total. The van der Waals surface area contributed by atoms with Crippen LogP contribution in [0.2, 0.25) is 0 Å². The molecule has 10 nitrogen and oxygen atoms in total. The van der Waals surface area contributed by atoms with Gasteiger partial charge in [-0.2, -0.15) is 0 Å². The number of hydrogen-bond donors (Lipinski definition) is 4. The fourth-order valence-electron chi connectivity index (χ4n) is 4.44. The molecular weight excluding hydrogens is 452 g/mol. The van der Waals surface area contributed by atoms with Crippen molar-refractivity contribution < 1.29 is 29.3 Å². The molecule has 188 valence electrons. The molecular formula is C25H32N4O6. The van der Waals surface area contributed by atoms with Crippen LogP contribution >= 0.6 is 0 Å². The highest BCUT2D eigenvalue weighted by Gasteiger charge is 2.44. The summed E-state index contributed by atoms with van der Waals surface area (Å²) in [5.74, 6) is 0.650. The van der Waals surface area contributed by atoms with Crippen LogP contribution in [0.3, 0.4) is 0 Å². The molecule has 2 saturated heterocycles. The lowest BCUT2D eigenvalue weighted by Gasteiger charge is -2.37. The molecule has 2 aliphatic heterocycles. The Morgan fingerprint density at radius 2 is 1.63 bits per heavy atom. The van der Waals surface area contributed by atoms with Gasteiger partial charge in [0, 0.05) is 38.4 Å². The Kier molecular flexibility index (Phi) is 8.06. The first kappa shape index (κ1) is 24.8. The zero-order valence-corrected chi connectivity index (χ0v) is 19.7. The first-order valence-electron chi connectivity index (χ1n) is 11.7. The van der Waals surface area contributed by atoms with Crippen LogP contribution in [0, 0.1) is 0 Å². The highest BCUT2D eigenvalue weighted by atomic mass is 16.5. The number of rotatable bonds is 7. The van der Waals surface area contributed by atoms with E-state index in [0.29, 0.717) is 31.9 Å². The SMILES string of the molecule is COc1ccccc1N1CCN(C(=O)C[C@@H]2O[C@H](CNC(=O)Nc3ccccc3)[C@@H](O)[C@H]2O)CC1. The number of para-hydroxylation sites is 3. The highest BCUT2D eigenvalue weighted by molar-refractivity contribution is 5.89. The van der Waals surface area contributed by atoms with Crippen molar-refractivity contribution in [3.05, 3.63) is 54.6 Å². The second-order valence-electron chi connectivity index (χ2n) is 8.64. The van der Waals surface area contributed by atoms with Crippen LogP contribution in [0.4, 0.5) is 16.2 Å². The standard InChI is InChI=1S/C25H32N4O6/c1-34-19-10-6-5-9-18(19)28-11-13-29(14-12-28)22(30)15-20-23(31)24(32)21(35-20)16-26-25(33)27-17-7-3-2-4-8-17/h2-10,20-21,23-24,31-32H,11-16H2,1H3,(H2,26,27,33)/t20-,21+,23-,24+/m0/s1. The predicted octanol–water partition coefficient (Wildman–Crippen LogP) is 1.04. The molecule has 0 radical (unpaired) electrons. The average Bonchev–Trinajstić information content (AvgIpc) is 3.15. The zero-order chi connectivity index (χ0) is 24.8. The van der Waals surface area contributed by atoms with Crippen LogP contribution in [0.1, 0.15) is 6.42 Å². The summed E-state index contributed by atoms with van der Waals surface area (Å²) in [4.78, 5) is 28.9. The monoisotopic (exact) mass is 484 g/mol. The van der Waals surface area contributed by atoms with Gasteiger partial charge in [-0.05, 0) is 24.3 Å². The van der Waals surface area contributed by atoms with Crippen molar-refractivity contribution in [1.82, 2.24) is 10.2 Å². The topological polar surface area (TPSA) is 124 Å². The van der Waals surface area contributed by atoms with Gasteiger partial charge in [0.1, 0.15) is 24.1 Å². The number of carbonyl (C=O) groups excluding carboxylic acids is 2. The molecule has 0 unspecified atom stereocenters. The molecule has 4 rings (SSSR count). The van der Waals surface area contributed by atoms with E-state index < -0.39 is 30.4 Å². The minimum atomic E-state index is -1.21. The molecule has 0 bridgehead atoms. The number of carbonyl (C=O) groups is 2. The fourth-order valence-corrected chi connectivity index (χ4v) is 4.44. The summed E-state index contributed by atoms with van der Waals surface area (Å²) in [6, 6.07) is 16.3. The van der Waals surface area contributed by atoms with E-state index in [0.717, 1.165) is 11.4 Å². The van der Waals surface area contributed by atoms with Crippen LogP contribution in [-0.2, 0) is 9.53 Å². The first-order chi connectivity index (χ1) is 17.0. The van der Waals surface area contributed by atoms with Gasteiger partial charge in [0.25, 0.3) is 0 Å². The molecule has 0 spiro atoms. The molecule has 2 aromatic rings. The number of aliphatic hydroxyl groups is 2. The van der Waals surface area contributed by atoms with Crippen molar-refractivity contribution in [2.75, 3.05) is 50.1 Å². The Morgan fingerprint density at radius 3 is 2.34 bits per heavy atom. The van der Waals surface area contributed by atoms with Crippen molar-refractivity contribution >= 4 is 23.3 Å². The normalized spacial score (nSPS) is 24.2. The molecule has 2 heterocycles. The minimum absolute atomic E-state index is 0.000826. The van der Waals surface area contributed by atoms with Gasteiger partial charge in [-0.25, -0.2) is 4.79 Å². The third-order valence-electron chi connectivity index (χ3n) is 6.39. The number of piperazine rings is 1. The molecule has 2 aromatic carbocycles. The summed E-state index contributed by atoms with van der Waals surface area (Å²) in [5.41, 5.74) is 1.62. The third-order valence-corrected chi connectivity index (χ3v) is 6.39. The number of urea groups is 1. The van der Waals surface area contributed by atoms with Gasteiger partial charge in [-0.1, -0.05) is 30.3 Å². The van der Waals surface area contributed by atoms with Crippen LogP contribution in [0.5, 0.6) is 5.75 Å².